The first kappa shape index (κ1) is 14.4. The molecule has 118 valence electrons. The zero-order chi connectivity index (χ0) is 14.8. The summed E-state index contributed by atoms with van der Waals surface area (Å²) in [6.07, 6.45) is 4.03. The van der Waals surface area contributed by atoms with Crippen molar-refractivity contribution in [2.24, 2.45) is 0 Å². The van der Waals surface area contributed by atoms with Gasteiger partial charge in [0.2, 0.25) is 0 Å². The summed E-state index contributed by atoms with van der Waals surface area (Å²) in [7, 11) is 0. The molecule has 4 rings (SSSR count). The number of fused-ring (bicyclic) bond motifs is 1. The molecular formula is C17H24N4S. The summed E-state index contributed by atoms with van der Waals surface area (Å²) in [4.78, 5) is 5.08. The average molecular weight is 316 g/mol. The number of nitrogens with zero attached hydrogens (tertiary/aromatic N) is 3. The van der Waals surface area contributed by atoms with Crippen LogP contribution in [0.4, 0.5) is 5.82 Å². The monoisotopic (exact) mass is 316 g/mol. The van der Waals surface area contributed by atoms with Crippen molar-refractivity contribution in [3.63, 3.8) is 0 Å². The van der Waals surface area contributed by atoms with Gasteiger partial charge in [-0.2, -0.15) is 4.37 Å². The maximum absolute atomic E-state index is 4.69. The van der Waals surface area contributed by atoms with Gasteiger partial charge in [-0.25, -0.2) is 0 Å². The van der Waals surface area contributed by atoms with Crippen LogP contribution in [0.15, 0.2) is 24.3 Å². The molecule has 0 unspecified atom stereocenters. The largest absolute Gasteiger partial charge is 0.353 e. The van der Waals surface area contributed by atoms with Crippen LogP contribution < -0.4 is 10.2 Å². The average Bonchev–Trinajstić information content (AvgIpc) is 3.23. The minimum Gasteiger partial charge on any atom is -0.353 e. The van der Waals surface area contributed by atoms with E-state index in [2.05, 4.69) is 39.4 Å². The topological polar surface area (TPSA) is 31.4 Å². The second-order valence-corrected chi connectivity index (χ2v) is 7.22. The van der Waals surface area contributed by atoms with Crippen LogP contribution in [0.3, 0.4) is 0 Å². The van der Waals surface area contributed by atoms with Gasteiger partial charge in [0, 0.05) is 37.6 Å². The van der Waals surface area contributed by atoms with Crippen LogP contribution in [0.5, 0.6) is 0 Å². The predicted molar refractivity (Wildman–Crippen MR) is 93.9 cm³/mol. The van der Waals surface area contributed by atoms with Gasteiger partial charge in [-0.1, -0.05) is 12.1 Å². The van der Waals surface area contributed by atoms with Crippen molar-refractivity contribution < 1.29 is 0 Å². The van der Waals surface area contributed by atoms with E-state index >= 15 is 0 Å². The normalized spacial score (nSPS) is 23.5. The number of hydrogen-bond donors (Lipinski definition) is 1. The Labute approximate surface area is 136 Å². The Kier molecular flexibility index (Phi) is 4.28. The number of aromatic nitrogens is 1. The van der Waals surface area contributed by atoms with Gasteiger partial charge >= 0.3 is 0 Å². The first-order chi connectivity index (χ1) is 10.9. The first-order valence-electron chi connectivity index (χ1n) is 8.45. The molecule has 0 aliphatic carbocycles. The molecule has 1 N–H and O–H groups in total. The quantitative estimate of drug-likeness (QED) is 0.939. The van der Waals surface area contributed by atoms with Crippen LogP contribution in [-0.4, -0.2) is 54.6 Å². The summed E-state index contributed by atoms with van der Waals surface area (Å²) < 4.78 is 5.99. The van der Waals surface area contributed by atoms with E-state index in [9.17, 15) is 0 Å². The van der Waals surface area contributed by atoms with E-state index in [1.807, 2.05) is 0 Å². The summed E-state index contributed by atoms with van der Waals surface area (Å²) in [6.45, 7) is 6.99. The molecule has 1 atom stereocenters. The number of piperazine rings is 1. The third-order valence-electron chi connectivity index (χ3n) is 4.99. The van der Waals surface area contributed by atoms with Crippen LogP contribution in [0.25, 0.3) is 10.1 Å². The summed E-state index contributed by atoms with van der Waals surface area (Å²) in [5, 5.41) is 4.92. The van der Waals surface area contributed by atoms with Crippen molar-refractivity contribution in [1.29, 1.82) is 0 Å². The van der Waals surface area contributed by atoms with Crippen molar-refractivity contribution in [2.45, 2.75) is 25.3 Å². The van der Waals surface area contributed by atoms with E-state index in [-0.39, 0.29) is 0 Å². The fourth-order valence-corrected chi connectivity index (χ4v) is 4.42. The van der Waals surface area contributed by atoms with E-state index < -0.39 is 0 Å². The lowest BCUT2D eigenvalue weighted by atomic mass is 10.1. The third kappa shape index (κ3) is 2.98. The zero-order valence-corrected chi connectivity index (χ0v) is 13.8. The molecule has 0 bridgehead atoms. The molecule has 1 aromatic heterocycles. The van der Waals surface area contributed by atoms with Crippen molar-refractivity contribution in [2.75, 3.05) is 44.2 Å². The number of rotatable bonds is 4. The lowest BCUT2D eigenvalue weighted by molar-refractivity contribution is 0.245. The predicted octanol–water partition coefficient (Wildman–Crippen LogP) is 2.56. The van der Waals surface area contributed by atoms with Crippen LogP contribution in [0, 0.1) is 0 Å². The molecule has 0 amide bonds. The van der Waals surface area contributed by atoms with Crippen molar-refractivity contribution in [1.82, 2.24) is 14.6 Å². The van der Waals surface area contributed by atoms with E-state index in [4.69, 9.17) is 4.37 Å². The van der Waals surface area contributed by atoms with Gasteiger partial charge in [-0.15, -0.1) is 0 Å². The fourth-order valence-electron chi connectivity index (χ4n) is 3.63. The highest BCUT2D eigenvalue weighted by Crippen LogP contribution is 2.29. The molecule has 1 aromatic carbocycles. The Balaban J connectivity index is 1.33. The molecule has 2 aliphatic rings. The SMILES string of the molecule is c1ccc2c(N3CCN(CC[C@H]4CCCN4)CC3)nsc2c1. The lowest BCUT2D eigenvalue weighted by Gasteiger charge is -2.35. The van der Waals surface area contributed by atoms with Crippen LogP contribution in [0.1, 0.15) is 19.3 Å². The summed E-state index contributed by atoms with van der Waals surface area (Å²) >= 11 is 1.62. The second kappa shape index (κ2) is 6.52. The molecule has 3 heterocycles. The van der Waals surface area contributed by atoms with Crippen molar-refractivity contribution in [3.05, 3.63) is 24.3 Å². The van der Waals surface area contributed by atoms with Gasteiger partial charge in [-0.3, -0.25) is 4.90 Å². The molecule has 0 spiro atoms. The van der Waals surface area contributed by atoms with Crippen molar-refractivity contribution >= 4 is 27.4 Å². The van der Waals surface area contributed by atoms with Gasteiger partial charge in [0.05, 0.1) is 4.70 Å². The Morgan fingerprint density at radius 2 is 2.05 bits per heavy atom. The number of hydrogen-bond acceptors (Lipinski definition) is 5. The molecule has 2 aromatic rings. The zero-order valence-electron chi connectivity index (χ0n) is 13.0. The van der Waals surface area contributed by atoms with Crippen LogP contribution in [-0.2, 0) is 0 Å². The molecular weight excluding hydrogens is 292 g/mol. The minimum absolute atomic E-state index is 0.764. The van der Waals surface area contributed by atoms with Gasteiger partial charge in [-0.05, 0) is 56.0 Å². The van der Waals surface area contributed by atoms with Gasteiger partial charge in [0.1, 0.15) is 5.82 Å². The first-order valence-corrected chi connectivity index (χ1v) is 9.22. The second-order valence-electron chi connectivity index (χ2n) is 6.41. The molecule has 4 nitrogen and oxygen atoms in total. The van der Waals surface area contributed by atoms with Crippen LogP contribution in [0.2, 0.25) is 0 Å². The molecule has 2 aliphatic heterocycles. The molecule has 2 fully saturated rings. The van der Waals surface area contributed by atoms with Crippen molar-refractivity contribution in [3.8, 4) is 0 Å². The van der Waals surface area contributed by atoms with Gasteiger partial charge in [0.15, 0.2) is 0 Å². The third-order valence-corrected chi connectivity index (χ3v) is 5.80. The highest BCUT2D eigenvalue weighted by Gasteiger charge is 2.22. The molecule has 2 saturated heterocycles. The van der Waals surface area contributed by atoms with Gasteiger partial charge < -0.3 is 10.2 Å². The Hall–Kier alpha value is -1.17. The Morgan fingerprint density at radius 3 is 2.86 bits per heavy atom. The highest BCUT2D eigenvalue weighted by atomic mass is 32.1. The number of benzene rings is 1. The van der Waals surface area contributed by atoms with E-state index in [1.54, 1.807) is 11.5 Å². The smallest absolute Gasteiger partial charge is 0.150 e. The molecule has 0 radical (unpaired) electrons. The fraction of sp³-hybridized carbons (Fsp3) is 0.588. The summed E-state index contributed by atoms with van der Waals surface area (Å²) in [6, 6.07) is 9.35. The highest BCUT2D eigenvalue weighted by molar-refractivity contribution is 7.13. The summed E-state index contributed by atoms with van der Waals surface area (Å²) in [5.74, 6) is 1.19. The molecule has 22 heavy (non-hydrogen) atoms. The summed E-state index contributed by atoms with van der Waals surface area (Å²) in [5.41, 5.74) is 0. The molecule has 5 heteroatoms. The van der Waals surface area contributed by atoms with Crippen LogP contribution >= 0.6 is 11.5 Å². The maximum atomic E-state index is 4.69. The van der Waals surface area contributed by atoms with E-state index in [1.165, 1.54) is 61.3 Å². The Bertz CT molecular complexity index is 612. The standard InChI is InChI=1S/C17H24N4S/c1-2-6-16-15(5-1)17(19-22-16)21-12-10-20(11-13-21)9-7-14-4-3-8-18-14/h1-2,5-6,14,18H,3-4,7-13H2/t14-/m1/s1. The van der Waals surface area contributed by atoms with E-state index in [0.29, 0.717) is 0 Å². The molecule has 0 saturated carbocycles. The number of nitrogens with one attached hydrogen (secondary N) is 1. The lowest BCUT2D eigenvalue weighted by Crippen LogP contribution is -2.47. The Morgan fingerprint density at radius 1 is 1.18 bits per heavy atom. The van der Waals surface area contributed by atoms with E-state index in [0.717, 1.165) is 19.1 Å². The number of anilines is 1. The van der Waals surface area contributed by atoms with Gasteiger partial charge in [0.25, 0.3) is 0 Å². The maximum Gasteiger partial charge on any atom is 0.150 e. The minimum atomic E-state index is 0.764.